The Hall–Kier alpha value is -3.12. The van der Waals surface area contributed by atoms with Gasteiger partial charge >= 0.3 is 12.4 Å². The van der Waals surface area contributed by atoms with Crippen LogP contribution in [0.3, 0.4) is 0 Å². The van der Waals surface area contributed by atoms with Gasteiger partial charge in [-0.25, -0.2) is 4.39 Å². The van der Waals surface area contributed by atoms with Crippen LogP contribution in [0.1, 0.15) is 54.5 Å². The predicted octanol–water partition coefficient (Wildman–Crippen LogP) is 4.90. The van der Waals surface area contributed by atoms with Crippen molar-refractivity contribution in [3.8, 4) is 0 Å². The number of aryl methyl sites for hydroxylation is 1. The van der Waals surface area contributed by atoms with Crippen molar-refractivity contribution in [2.75, 3.05) is 5.32 Å². The molecule has 0 saturated heterocycles. The smallest absolute Gasteiger partial charge is 0.352 e. The van der Waals surface area contributed by atoms with E-state index in [1.54, 1.807) is 6.92 Å². The molecule has 1 heterocycles. The van der Waals surface area contributed by atoms with Crippen molar-refractivity contribution >= 4 is 17.5 Å². The molecule has 13 heteroatoms. The number of halogens is 7. The Morgan fingerprint density at radius 1 is 1.06 bits per heavy atom. The van der Waals surface area contributed by atoms with E-state index in [0.29, 0.717) is 0 Å². The number of carbonyl (C=O) groups is 2. The number of anilines is 1. The normalized spacial score (nSPS) is 11.5. The van der Waals surface area contributed by atoms with Crippen LogP contribution >= 0.6 is 0 Å². The molecule has 1 aromatic carbocycles. The van der Waals surface area contributed by atoms with Gasteiger partial charge in [0.05, 0.1) is 0 Å². The highest BCUT2D eigenvalue weighted by Crippen LogP contribution is 2.41. The maximum atomic E-state index is 13.9. The first kappa shape index (κ1) is 26.9. The summed E-state index contributed by atoms with van der Waals surface area (Å²) in [6.45, 7) is 5.30. The van der Waals surface area contributed by atoms with Gasteiger partial charge < -0.3 is 10.6 Å². The number of nitrogens with zero attached hydrogens (tertiary/aromatic N) is 2. The molecular weight excluding hydrogens is 449 g/mol. The molecule has 0 aliphatic rings. The second kappa shape index (κ2) is 10.5. The van der Waals surface area contributed by atoms with E-state index in [1.807, 2.05) is 19.2 Å². The first-order chi connectivity index (χ1) is 14.8. The highest BCUT2D eigenvalue weighted by Gasteiger charge is 2.50. The fraction of sp³-hybridized carbons (Fsp3) is 0.421. The van der Waals surface area contributed by atoms with E-state index in [1.165, 1.54) is 0 Å². The van der Waals surface area contributed by atoms with Crippen LogP contribution in [0.2, 0.25) is 0 Å². The molecule has 0 radical (unpaired) electrons. The Labute approximate surface area is 178 Å². The van der Waals surface area contributed by atoms with E-state index in [-0.39, 0.29) is 28.9 Å². The van der Waals surface area contributed by atoms with Crippen molar-refractivity contribution in [1.82, 2.24) is 15.1 Å². The molecule has 0 spiro atoms. The molecule has 6 nitrogen and oxygen atoms in total. The molecule has 178 valence electrons. The third-order valence-electron chi connectivity index (χ3n) is 3.91. The van der Waals surface area contributed by atoms with E-state index in [9.17, 15) is 40.3 Å². The number of benzene rings is 1. The summed E-state index contributed by atoms with van der Waals surface area (Å²) in [5.41, 5.74) is -6.12. The van der Waals surface area contributed by atoms with Crippen LogP contribution in [-0.2, 0) is 30.7 Å². The lowest BCUT2D eigenvalue weighted by Crippen LogP contribution is -2.23. The van der Waals surface area contributed by atoms with Crippen molar-refractivity contribution in [3.63, 3.8) is 0 Å². The van der Waals surface area contributed by atoms with Gasteiger partial charge in [0.15, 0.2) is 5.69 Å². The zero-order valence-electron chi connectivity index (χ0n) is 17.5. The van der Waals surface area contributed by atoms with E-state index >= 15 is 0 Å². The molecular formula is C19H21F7N4O2. The number of aromatic nitrogens is 2. The van der Waals surface area contributed by atoms with Crippen molar-refractivity contribution in [2.45, 2.75) is 46.1 Å². The van der Waals surface area contributed by atoms with Crippen LogP contribution < -0.4 is 10.6 Å². The Bertz CT molecular complexity index is 966. The standard InChI is InChI=1S/C17H15F7N4O2.C2H6/c1-3-11(29)25-7-8-6-9(4-5-10(8)18)26-15(30)13-12(16(19,20)21)14(17(22,23)24)27-28(13)2;1-2/h4-6H,3,7H2,1-2H3,(H,25,29)(H,26,30);1-2H3. The van der Waals surface area contributed by atoms with Crippen LogP contribution in [0.15, 0.2) is 18.2 Å². The Morgan fingerprint density at radius 2 is 1.66 bits per heavy atom. The molecule has 0 saturated carbocycles. The SMILES string of the molecule is CC.CCC(=O)NCc1cc(NC(=O)c2c(C(F)(F)F)c(C(F)(F)F)nn2C)ccc1F. The number of hydrogen-bond donors (Lipinski definition) is 2. The predicted molar refractivity (Wildman–Crippen MR) is 101 cm³/mol. The lowest BCUT2D eigenvalue weighted by Gasteiger charge is -2.13. The molecule has 0 fully saturated rings. The van der Waals surface area contributed by atoms with Gasteiger partial charge in [-0.1, -0.05) is 20.8 Å². The molecule has 0 aliphatic heterocycles. The fourth-order valence-electron chi connectivity index (χ4n) is 2.55. The molecule has 2 rings (SSSR count). The van der Waals surface area contributed by atoms with Crippen molar-refractivity contribution in [1.29, 1.82) is 0 Å². The lowest BCUT2D eigenvalue weighted by molar-refractivity contribution is -0.164. The Morgan fingerprint density at radius 3 is 2.16 bits per heavy atom. The zero-order chi connectivity index (χ0) is 24.9. The third kappa shape index (κ3) is 6.44. The molecule has 1 aromatic heterocycles. The summed E-state index contributed by atoms with van der Waals surface area (Å²) in [5.74, 6) is -2.68. The van der Waals surface area contributed by atoms with Gasteiger partial charge in [0, 0.05) is 31.3 Å². The van der Waals surface area contributed by atoms with Crippen LogP contribution in [0, 0.1) is 5.82 Å². The molecule has 0 bridgehead atoms. The number of rotatable bonds is 5. The molecule has 2 amide bonds. The van der Waals surface area contributed by atoms with Crippen LogP contribution in [0.25, 0.3) is 0 Å². The number of alkyl halides is 6. The minimum atomic E-state index is -5.51. The molecule has 2 aromatic rings. The zero-order valence-corrected chi connectivity index (χ0v) is 17.5. The number of amides is 2. The molecule has 32 heavy (non-hydrogen) atoms. The maximum Gasteiger partial charge on any atom is 0.435 e. The van der Waals surface area contributed by atoms with E-state index in [4.69, 9.17) is 0 Å². The van der Waals surface area contributed by atoms with E-state index in [0.717, 1.165) is 25.2 Å². The summed E-state index contributed by atoms with van der Waals surface area (Å²) in [6.07, 6.45) is -10.8. The third-order valence-corrected chi connectivity index (χ3v) is 3.91. The largest absolute Gasteiger partial charge is 0.435 e. The number of hydrogen-bond acceptors (Lipinski definition) is 3. The Balaban J connectivity index is 0.00000249. The van der Waals surface area contributed by atoms with Crippen LogP contribution in [0.5, 0.6) is 0 Å². The van der Waals surface area contributed by atoms with Crippen LogP contribution in [-0.4, -0.2) is 21.6 Å². The summed E-state index contributed by atoms with van der Waals surface area (Å²) in [7, 11) is 0.760. The topological polar surface area (TPSA) is 76.0 Å². The molecule has 2 N–H and O–H groups in total. The minimum Gasteiger partial charge on any atom is -0.352 e. The Kier molecular flexibility index (Phi) is 8.80. The lowest BCUT2D eigenvalue weighted by atomic mass is 10.1. The van der Waals surface area contributed by atoms with Crippen molar-refractivity contribution in [3.05, 3.63) is 46.5 Å². The second-order valence-corrected chi connectivity index (χ2v) is 6.08. The summed E-state index contributed by atoms with van der Waals surface area (Å²) < 4.78 is 92.7. The first-order valence-electron chi connectivity index (χ1n) is 9.33. The highest BCUT2D eigenvalue weighted by molar-refractivity contribution is 6.04. The molecule has 0 unspecified atom stereocenters. The quantitative estimate of drug-likeness (QED) is 0.611. The van der Waals surface area contributed by atoms with Crippen molar-refractivity contribution < 1.29 is 40.3 Å². The van der Waals surface area contributed by atoms with Gasteiger partial charge in [-0.05, 0) is 18.2 Å². The molecule has 0 atom stereocenters. The van der Waals surface area contributed by atoms with Gasteiger partial charge in [-0.3, -0.25) is 14.3 Å². The van der Waals surface area contributed by atoms with E-state index in [2.05, 4.69) is 10.4 Å². The summed E-state index contributed by atoms with van der Waals surface area (Å²) in [6, 6.07) is 2.93. The monoisotopic (exact) mass is 470 g/mol. The first-order valence-corrected chi connectivity index (χ1v) is 9.33. The van der Waals surface area contributed by atoms with E-state index < -0.39 is 46.9 Å². The number of nitrogens with one attached hydrogen (secondary N) is 2. The minimum absolute atomic E-state index is 0.0911. The highest BCUT2D eigenvalue weighted by atomic mass is 19.4. The molecule has 0 aliphatic carbocycles. The average Bonchev–Trinajstić information content (AvgIpc) is 3.08. The summed E-state index contributed by atoms with van der Waals surface area (Å²) >= 11 is 0. The second-order valence-electron chi connectivity index (χ2n) is 6.08. The van der Waals surface area contributed by atoms with Gasteiger partial charge in [-0.15, -0.1) is 0 Å². The fourth-order valence-corrected chi connectivity index (χ4v) is 2.55. The van der Waals surface area contributed by atoms with Crippen molar-refractivity contribution in [2.24, 2.45) is 7.05 Å². The summed E-state index contributed by atoms with van der Waals surface area (Å²) in [5, 5.41) is 7.18. The van der Waals surface area contributed by atoms with Crippen LogP contribution in [0.4, 0.5) is 36.4 Å². The van der Waals surface area contributed by atoms with Gasteiger partial charge in [0.1, 0.15) is 17.1 Å². The maximum absolute atomic E-state index is 13.9. The summed E-state index contributed by atoms with van der Waals surface area (Å²) in [4.78, 5) is 23.6. The van der Waals surface area contributed by atoms with Gasteiger partial charge in [0.2, 0.25) is 5.91 Å². The van der Waals surface area contributed by atoms with Gasteiger partial charge in [0.25, 0.3) is 5.91 Å². The van der Waals surface area contributed by atoms with Gasteiger partial charge in [-0.2, -0.15) is 31.4 Å². The number of carbonyl (C=O) groups excluding carboxylic acids is 2. The average molecular weight is 470 g/mol.